The molecule has 4 nitrogen and oxygen atoms in total. The van der Waals surface area contributed by atoms with E-state index in [1.165, 1.54) is 6.20 Å². The predicted molar refractivity (Wildman–Crippen MR) is 46.9 cm³/mol. The van der Waals surface area contributed by atoms with E-state index in [1.54, 1.807) is 0 Å². The Bertz CT molecular complexity index is 310. The summed E-state index contributed by atoms with van der Waals surface area (Å²) in [4.78, 5) is 24.7. The molecule has 4 heteroatoms. The molecule has 3 heterocycles. The Balaban J connectivity index is 2.02. The van der Waals surface area contributed by atoms with Gasteiger partial charge in [0, 0.05) is 6.20 Å². The molecule has 3 saturated heterocycles. The van der Waals surface area contributed by atoms with Gasteiger partial charge >= 0.3 is 0 Å². The number of nitrogens with zero attached hydrogens (tertiary/aromatic N) is 1. The maximum atomic E-state index is 11.8. The molecule has 3 fully saturated rings. The summed E-state index contributed by atoms with van der Waals surface area (Å²) in [5.41, 5.74) is 0. The minimum absolute atomic E-state index is 0.0219. The van der Waals surface area contributed by atoms with E-state index >= 15 is 0 Å². The largest absolute Gasteiger partial charge is 0.373 e. The van der Waals surface area contributed by atoms with Crippen LogP contribution in [0, 0.1) is 11.8 Å². The van der Waals surface area contributed by atoms with Crippen molar-refractivity contribution in [3.05, 3.63) is 12.8 Å². The zero-order valence-electron chi connectivity index (χ0n) is 7.68. The van der Waals surface area contributed by atoms with E-state index in [9.17, 15) is 9.59 Å². The second-order valence-electron chi connectivity index (χ2n) is 4.07. The van der Waals surface area contributed by atoms with Gasteiger partial charge < -0.3 is 4.74 Å². The van der Waals surface area contributed by atoms with E-state index < -0.39 is 0 Å². The second kappa shape index (κ2) is 2.45. The molecule has 0 spiro atoms. The number of hydrogen-bond acceptors (Lipinski definition) is 3. The average molecular weight is 193 g/mol. The van der Waals surface area contributed by atoms with E-state index in [1.807, 2.05) is 0 Å². The number of amides is 2. The van der Waals surface area contributed by atoms with Crippen LogP contribution in [0.25, 0.3) is 0 Å². The molecule has 74 valence electrons. The predicted octanol–water partition coefficient (Wildman–Crippen LogP) is 0.292. The number of carbonyl (C=O) groups is 2. The van der Waals surface area contributed by atoms with Gasteiger partial charge in [-0.3, -0.25) is 14.5 Å². The minimum atomic E-state index is -0.223. The van der Waals surface area contributed by atoms with Crippen molar-refractivity contribution in [2.24, 2.45) is 11.8 Å². The van der Waals surface area contributed by atoms with Crippen LogP contribution in [0.15, 0.2) is 12.8 Å². The highest BCUT2D eigenvalue weighted by Crippen LogP contribution is 2.48. The first kappa shape index (κ1) is 8.17. The van der Waals surface area contributed by atoms with Crippen molar-refractivity contribution in [3.63, 3.8) is 0 Å². The van der Waals surface area contributed by atoms with E-state index in [-0.39, 0.29) is 35.9 Å². The molecule has 0 aromatic carbocycles. The van der Waals surface area contributed by atoms with Crippen LogP contribution in [0.5, 0.6) is 0 Å². The molecule has 3 aliphatic rings. The zero-order chi connectivity index (χ0) is 9.87. The van der Waals surface area contributed by atoms with Gasteiger partial charge in [0.25, 0.3) is 0 Å². The summed E-state index contributed by atoms with van der Waals surface area (Å²) < 4.78 is 5.57. The Labute approximate surface area is 81.5 Å². The first-order valence-electron chi connectivity index (χ1n) is 4.89. The van der Waals surface area contributed by atoms with Gasteiger partial charge in [0.2, 0.25) is 11.8 Å². The fourth-order valence-electron chi connectivity index (χ4n) is 2.92. The molecule has 3 aliphatic heterocycles. The number of hydrogen-bond donors (Lipinski definition) is 0. The summed E-state index contributed by atoms with van der Waals surface area (Å²) in [5.74, 6) is -0.692. The summed E-state index contributed by atoms with van der Waals surface area (Å²) in [6.45, 7) is 3.48. The maximum Gasteiger partial charge on any atom is 0.239 e. The Morgan fingerprint density at radius 1 is 1.21 bits per heavy atom. The van der Waals surface area contributed by atoms with Crippen molar-refractivity contribution < 1.29 is 14.3 Å². The lowest BCUT2D eigenvalue weighted by molar-refractivity contribution is -0.139. The molecule has 14 heavy (non-hydrogen) atoms. The van der Waals surface area contributed by atoms with Crippen molar-refractivity contribution in [2.45, 2.75) is 25.0 Å². The van der Waals surface area contributed by atoms with Gasteiger partial charge in [0.15, 0.2) is 0 Å². The van der Waals surface area contributed by atoms with Crippen molar-refractivity contribution in [1.82, 2.24) is 4.90 Å². The van der Waals surface area contributed by atoms with Crippen LogP contribution in [0.3, 0.4) is 0 Å². The quantitative estimate of drug-likeness (QED) is 0.562. The molecule has 0 aliphatic carbocycles. The fourth-order valence-corrected chi connectivity index (χ4v) is 2.92. The monoisotopic (exact) mass is 193 g/mol. The van der Waals surface area contributed by atoms with Crippen molar-refractivity contribution in [1.29, 1.82) is 0 Å². The summed E-state index contributed by atoms with van der Waals surface area (Å²) in [5, 5.41) is 0. The van der Waals surface area contributed by atoms with Crippen molar-refractivity contribution >= 4 is 11.8 Å². The van der Waals surface area contributed by atoms with Gasteiger partial charge in [-0.05, 0) is 12.8 Å². The first-order valence-corrected chi connectivity index (χ1v) is 4.89. The average Bonchev–Trinajstić information content (AvgIpc) is 2.80. The van der Waals surface area contributed by atoms with Gasteiger partial charge in [-0.15, -0.1) is 0 Å². The molecule has 3 rings (SSSR count). The molecule has 2 unspecified atom stereocenters. The van der Waals surface area contributed by atoms with E-state index in [4.69, 9.17) is 4.74 Å². The number of ether oxygens (including phenoxy) is 1. The molecular formula is C10H11NO3. The zero-order valence-corrected chi connectivity index (χ0v) is 7.68. The lowest BCUT2D eigenvalue weighted by Crippen LogP contribution is -2.29. The topological polar surface area (TPSA) is 46.6 Å². The molecule has 0 aromatic heterocycles. The number of fused-ring (bicyclic) bond motifs is 5. The molecule has 4 atom stereocenters. The highest BCUT2D eigenvalue weighted by Gasteiger charge is 2.61. The lowest BCUT2D eigenvalue weighted by atomic mass is 9.81. The summed E-state index contributed by atoms with van der Waals surface area (Å²) in [7, 11) is 0. The van der Waals surface area contributed by atoms with E-state index in [0.29, 0.717) is 0 Å². The molecule has 0 saturated carbocycles. The Morgan fingerprint density at radius 3 is 2.14 bits per heavy atom. The Morgan fingerprint density at radius 2 is 1.71 bits per heavy atom. The number of carbonyl (C=O) groups excluding carboxylic acids is 2. The molecule has 2 bridgehead atoms. The summed E-state index contributed by atoms with van der Waals surface area (Å²) >= 11 is 0. The van der Waals surface area contributed by atoms with Crippen LogP contribution in [0.4, 0.5) is 0 Å². The van der Waals surface area contributed by atoms with Crippen molar-refractivity contribution in [2.75, 3.05) is 0 Å². The second-order valence-corrected chi connectivity index (χ2v) is 4.07. The third-order valence-corrected chi connectivity index (χ3v) is 3.50. The summed E-state index contributed by atoms with van der Waals surface area (Å²) in [6, 6.07) is 0. The number of likely N-dealkylation sites (tertiary alicyclic amines) is 1. The van der Waals surface area contributed by atoms with Crippen LogP contribution in [0.1, 0.15) is 12.8 Å². The van der Waals surface area contributed by atoms with Crippen molar-refractivity contribution in [3.8, 4) is 0 Å². The van der Waals surface area contributed by atoms with Gasteiger partial charge in [0.1, 0.15) is 0 Å². The van der Waals surface area contributed by atoms with Crippen LogP contribution in [-0.2, 0) is 14.3 Å². The molecule has 0 aromatic rings. The normalized spacial score (nSPS) is 44.7. The Kier molecular flexibility index (Phi) is 1.43. The van der Waals surface area contributed by atoms with Crippen LogP contribution in [-0.4, -0.2) is 28.9 Å². The van der Waals surface area contributed by atoms with Gasteiger partial charge in [-0.2, -0.15) is 0 Å². The van der Waals surface area contributed by atoms with E-state index in [0.717, 1.165) is 17.7 Å². The van der Waals surface area contributed by atoms with Crippen LogP contribution >= 0.6 is 0 Å². The standard InChI is InChI=1S/C10H11NO3/c1-2-11-9(12)7-5-3-4-6(14-5)8(7)10(11)13/h2,5-8H,1,3-4H2/t5-,6-,7?,8?/m1/s1. The smallest absolute Gasteiger partial charge is 0.239 e. The molecular weight excluding hydrogens is 182 g/mol. The third-order valence-electron chi connectivity index (χ3n) is 3.50. The SMILES string of the molecule is C=CN1C(=O)C2C(C1=O)[C@H]1CC[C@H]2O1. The number of imide groups is 1. The summed E-state index contributed by atoms with van der Waals surface area (Å²) in [6.07, 6.45) is 3.10. The Hall–Kier alpha value is -1.16. The highest BCUT2D eigenvalue weighted by molar-refractivity contribution is 6.07. The van der Waals surface area contributed by atoms with Crippen LogP contribution in [0.2, 0.25) is 0 Å². The maximum absolute atomic E-state index is 11.8. The van der Waals surface area contributed by atoms with Crippen LogP contribution < -0.4 is 0 Å². The first-order chi connectivity index (χ1) is 6.74. The molecule has 2 amide bonds. The third kappa shape index (κ3) is 0.733. The van der Waals surface area contributed by atoms with Gasteiger partial charge in [-0.25, -0.2) is 0 Å². The fraction of sp³-hybridized carbons (Fsp3) is 0.600. The minimum Gasteiger partial charge on any atom is -0.373 e. The lowest BCUT2D eigenvalue weighted by Gasteiger charge is -2.15. The van der Waals surface area contributed by atoms with Gasteiger partial charge in [0.05, 0.1) is 24.0 Å². The highest BCUT2D eigenvalue weighted by atomic mass is 16.5. The van der Waals surface area contributed by atoms with E-state index in [2.05, 4.69) is 6.58 Å². The molecule has 0 N–H and O–H groups in total. The molecule has 0 radical (unpaired) electrons. The number of rotatable bonds is 1. The van der Waals surface area contributed by atoms with Gasteiger partial charge in [-0.1, -0.05) is 6.58 Å².